The van der Waals surface area contributed by atoms with E-state index in [0.29, 0.717) is 30.8 Å². The van der Waals surface area contributed by atoms with Crippen LogP contribution in [0.2, 0.25) is 0 Å². The van der Waals surface area contributed by atoms with Gasteiger partial charge in [-0.2, -0.15) is 4.98 Å². The summed E-state index contributed by atoms with van der Waals surface area (Å²) < 4.78 is 7.51. The molecule has 1 saturated heterocycles. The zero-order valence-electron chi connectivity index (χ0n) is 17.2. The molecule has 0 unspecified atom stereocenters. The molecule has 3 heterocycles. The average molecular weight is 387 g/mol. The number of rotatable bonds is 7. The molecule has 0 aromatic carbocycles. The number of aromatic nitrogens is 4. The van der Waals surface area contributed by atoms with E-state index < -0.39 is 0 Å². The Hall–Kier alpha value is -2.22. The molecule has 2 fully saturated rings. The van der Waals surface area contributed by atoms with Gasteiger partial charge >= 0.3 is 0 Å². The van der Waals surface area contributed by atoms with Crippen molar-refractivity contribution in [1.29, 1.82) is 0 Å². The number of likely N-dealkylation sites (tertiary alicyclic amines) is 1. The molecule has 8 nitrogen and oxygen atoms in total. The Labute approximate surface area is 165 Å². The van der Waals surface area contributed by atoms with E-state index in [9.17, 15) is 4.79 Å². The molecule has 2 aromatic rings. The van der Waals surface area contributed by atoms with E-state index in [-0.39, 0.29) is 17.2 Å². The number of hydrogen-bond donors (Lipinski definition) is 1. The lowest BCUT2D eigenvalue weighted by Crippen LogP contribution is -2.36. The third-order valence-electron chi connectivity index (χ3n) is 6.18. The van der Waals surface area contributed by atoms with Crippen LogP contribution in [0.5, 0.6) is 0 Å². The minimum absolute atomic E-state index is 0.142. The topological polar surface area (TPSA) is 89.1 Å². The fraction of sp³-hybridized carbons (Fsp3) is 0.700. The minimum Gasteiger partial charge on any atom is -0.355 e. The molecule has 0 spiro atoms. The van der Waals surface area contributed by atoms with Gasteiger partial charge in [0, 0.05) is 55.8 Å². The highest BCUT2D eigenvalue weighted by Crippen LogP contribution is 2.45. The van der Waals surface area contributed by atoms with Crippen LogP contribution >= 0.6 is 0 Å². The zero-order valence-corrected chi connectivity index (χ0v) is 17.2. The summed E-state index contributed by atoms with van der Waals surface area (Å²) >= 11 is 0. The zero-order chi connectivity index (χ0) is 19.9. The molecule has 2 aromatic heterocycles. The van der Waals surface area contributed by atoms with Crippen LogP contribution in [-0.4, -0.2) is 50.1 Å². The summed E-state index contributed by atoms with van der Waals surface area (Å²) in [6.07, 6.45) is 5.77. The Morgan fingerprint density at radius 3 is 2.79 bits per heavy atom. The van der Waals surface area contributed by atoms with Crippen LogP contribution in [0.15, 0.2) is 17.0 Å². The monoisotopic (exact) mass is 386 g/mol. The Morgan fingerprint density at radius 2 is 2.18 bits per heavy atom. The van der Waals surface area contributed by atoms with Gasteiger partial charge in [-0.3, -0.25) is 9.69 Å². The largest absolute Gasteiger partial charge is 0.355 e. The van der Waals surface area contributed by atoms with E-state index >= 15 is 0 Å². The van der Waals surface area contributed by atoms with Gasteiger partial charge in [0.15, 0.2) is 5.82 Å². The maximum atomic E-state index is 12.4. The molecular weight excluding hydrogens is 356 g/mol. The van der Waals surface area contributed by atoms with Crippen molar-refractivity contribution in [1.82, 2.24) is 29.9 Å². The van der Waals surface area contributed by atoms with Crippen molar-refractivity contribution in [3.8, 4) is 0 Å². The first-order valence-electron chi connectivity index (χ1n) is 10.1. The van der Waals surface area contributed by atoms with E-state index in [2.05, 4.69) is 43.8 Å². The van der Waals surface area contributed by atoms with Crippen LogP contribution in [0, 0.1) is 11.3 Å². The van der Waals surface area contributed by atoms with Gasteiger partial charge in [-0.1, -0.05) is 25.9 Å². The Balaban J connectivity index is 1.44. The standard InChI is InChI=1S/C20H30N6O2/c1-13(2)18-23-17(28-24-18)11-26-9-14(7-22-19(27)20(3)5-6-20)15(10-26)16-8-21-12-25(16)4/h8,12-15H,5-7,9-11H2,1-4H3,(H,22,27)/t14-,15-/m1/s1. The molecule has 0 bridgehead atoms. The summed E-state index contributed by atoms with van der Waals surface area (Å²) in [6.45, 7) is 9.24. The molecule has 1 aliphatic heterocycles. The Morgan fingerprint density at radius 1 is 1.39 bits per heavy atom. The van der Waals surface area contributed by atoms with Crippen molar-refractivity contribution < 1.29 is 9.32 Å². The molecule has 1 amide bonds. The first-order valence-corrected chi connectivity index (χ1v) is 10.1. The van der Waals surface area contributed by atoms with Gasteiger partial charge in [0.2, 0.25) is 11.8 Å². The summed E-state index contributed by atoms with van der Waals surface area (Å²) in [5, 5.41) is 7.26. The van der Waals surface area contributed by atoms with Crippen molar-refractivity contribution in [2.24, 2.45) is 18.4 Å². The predicted molar refractivity (Wildman–Crippen MR) is 103 cm³/mol. The summed E-state index contributed by atoms with van der Waals surface area (Å²) in [5.41, 5.74) is 1.06. The SMILES string of the molecule is CC(C)c1noc(CN2C[C@@H](CNC(=O)C3(C)CC3)[C@H](c3cncn3C)C2)n1. The number of imidazole rings is 1. The molecule has 1 saturated carbocycles. The van der Waals surface area contributed by atoms with E-state index in [1.165, 1.54) is 5.69 Å². The molecule has 152 valence electrons. The fourth-order valence-electron chi connectivity index (χ4n) is 3.97. The Kier molecular flexibility index (Phi) is 4.99. The van der Waals surface area contributed by atoms with Crippen molar-refractivity contribution in [3.05, 3.63) is 29.9 Å². The molecule has 0 radical (unpaired) electrons. The van der Waals surface area contributed by atoms with Gasteiger partial charge in [0.25, 0.3) is 0 Å². The van der Waals surface area contributed by atoms with E-state index in [1.807, 2.05) is 26.5 Å². The minimum atomic E-state index is -0.142. The van der Waals surface area contributed by atoms with E-state index in [0.717, 1.165) is 31.8 Å². The summed E-state index contributed by atoms with van der Waals surface area (Å²) in [7, 11) is 2.03. The second-order valence-electron chi connectivity index (χ2n) is 8.96. The Bertz CT molecular complexity index is 837. The maximum Gasteiger partial charge on any atom is 0.240 e. The lowest BCUT2D eigenvalue weighted by molar-refractivity contribution is -0.125. The summed E-state index contributed by atoms with van der Waals surface area (Å²) in [5.74, 6) is 2.49. The highest BCUT2D eigenvalue weighted by Gasteiger charge is 2.45. The van der Waals surface area contributed by atoms with Gasteiger partial charge < -0.3 is 14.4 Å². The van der Waals surface area contributed by atoms with Crippen LogP contribution in [0.4, 0.5) is 0 Å². The van der Waals surface area contributed by atoms with Crippen LogP contribution in [-0.2, 0) is 18.4 Å². The lowest BCUT2D eigenvalue weighted by atomic mass is 9.92. The maximum absolute atomic E-state index is 12.4. The van der Waals surface area contributed by atoms with Crippen molar-refractivity contribution in [2.45, 2.75) is 52.0 Å². The van der Waals surface area contributed by atoms with Gasteiger partial charge in [-0.25, -0.2) is 4.98 Å². The fourth-order valence-corrected chi connectivity index (χ4v) is 3.97. The van der Waals surface area contributed by atoms with Crippen molar-refractivity contribution in [3.63, 3.8) is 0 Å². The number of nitrogens with one attached hydrogen (secondary N) is 1. The van der Waals surface area contributed by atoms with Crippen molar-refractivity contribution >= 4 is 5.91 Å². The van der Waals surface area contributed by atoms with Crippen LogP contribution in [0.1, 0.15) is 62.9 Å². The van der Waals surface area contributed by atoms with Gasteiger partial charge in [0.05, 0.1) is 12.9 Å². The molecule has 4 rings (SSSR count). The van der Waals surface area contributed by atoms with Gasteiger partial charge in [-0.05, 0) is 18.8 Å². The van der Waals surface area contributed by atoms with E-state index in [1.54, 1.807) is 0 Å². The smallest absolute Gasteiger partial charge is 0.240 e. The third kappa shape index (κ3) is 3.83. The molecule has 28 heavy (non-hydrogen) atoms. The highest BCUT2D eigenvalue weighted by molar-refractivity contribution is 5.84. The van der Waals surface area contributed by atoms with Crippen molar-refractivity contribution in [2.75, 3.05) is 19.6 Å². The quantitative estimate of drug-likeness (QED) is 0.783. The first-order chi connectivity index (χ1) is 13.4. The molecule has 2 aliphatic rings. The molecule has 1 aliphatic carbocycles. The first kappa shape index (κ1) is 19.1. The third-order valence-corrected chi connectivity index (χ3v) is 6.18. The predicted octanol–water partition coefficient (Wildman–Crippen LogP) is 2.06. The number of nitrogens with zero attached hydrogens (tertiary/aromatic N) is 5. The number of carbonyl (C=O) groups excluding carboxylic acids is 1. The summed E-state index contributed by atoms with van der Waals surface area (Å²) in [4.78, 5) is 23.6. The highest BCUT2D eigenvalue weighted by atomic mass is 16.5. The van der Waals surface area contributed by atoms with Crippen LogP contribution in [0.25, 0.3) is 0 Å². The average Bonchev–Trinajstić information content (AvgIpc) is 3.04. The molecule has 1 N–H and O–H groups in total. The number of hydrogen-bond acceptors (Lipinski definition) is 6. The molecule has 2 atom stereocenters. The number of aryl methyl sites for hydroxylation is 1. The molecule has 8 heteroatoms. The normalized spacial score (nSPS) is 24.0. The van der Waals surface area contributed by atoms with Gasteiger partial charge in [-0.15, -0.1) is 0 Å². The number of carbonyl (C=O) groups is 1. The van der Waals surface area contributed by atoms with E-state index in [4.69, 9.17) is 4.52 Å². The second kappa shape index (κ2) is 7.31. The summed E-state index contributed by atoms with van der Waals surface area (Å²) in [6, 6.07) is 0. The van der Waals surface area contributed by atoms with Crippen LogP contribution < -0.4 is 5.32 Å². The lowest BCUT2D eigenvalue weighted by Gasteiger charge is -2.20. The second-order valence-corrected chi connectivity index (χ2v) is 8.96. The molecular formula is C20H30N6O2. The van der Waals surface area contributed by atoms with Crippen LogP contribution in [0.3, 0.4) is 0 Å². The number of amides is 1. The van der Waals surface area contributed by atoms with Gasteiger partial charge in [0.1, 0.15) is 0 Å².